The standard InChI is InChI=1S/C17H21N3O2S/c1-12(20-8-5-15-13(11-20)6-9-23-15)10-19-16(21)14-4-3-7-18-17(14)22-2/h3-4,6-7,9,12H,5,8,10-11H2,1-2H3,(H,19,21)/t12-/m0/s1. The summed E-state index contributed by atoms with van der Waals surface area (Å²) in [4.78, 5) is 20.3. The van der Waals surface area contributed by atoms with Crippen LogP contribution in [0.3, 0.4) is 0 Å². The Morgan fingerprint density at radius 1 is 1.52 bits per heavy atom. The summed E-state index contributed by atoms with van der Waals surface area (Å²) in [5, 5.41) is 5.15. The predicted octanol–water partition coefficient (Wildman–Crippen LogP) is 2.33. The fraction of sp³-hybridized carbons (Fsp3) is 0.412. The molecule has 0 radical (unpaired) electrons. The normalized spacial score (nSPS) is 15.7. The van der Waals surface area contributed by atoms with Gasteiger partial charge in [-0.2, -0.15) is 0 Å². The Labute approximate surface area is 140 Å². The first-order valence-corrected chi connectivity index (χ1v) is 8.63. The van der Waals surface area contributed by atoms with E-state index in [2.05, 4.69) is 33.6 Å². The summed E-state index contributed by atoms with van der Waals surface area (Å²) in [5.41, 5.74) is 1.90. The third kappa shape index (κ3) is 3.54. The van der Waals surface area contributed by atoms with E-state index in [4.69, 9.17) is 4.74 Å². The van der Waals surface area contributed by atoms with Gasteiger partial charge in [-0.25, -0.2) is 4.98 Å². The van der Waals surface area contributed by atoms with Crippen molar-refractivity contribution >= 4 is 17.2 Å². The summed E-state index contributed by atoms with van der Waals surface area (Å²) < 4.78 is 5.14. The van der Waals surface area contributed by atoms with Gasteiger partial charge in [0, 0.05) is 36.8 Å². The third-order valence-corrected chi connectivity index (χ3v) is 5.25. The van der Waals surface area contributed by atoms with Gasteiger partial charge in [0.05, 0.1) is 7.11 Å². The Kier molecular flexibility index (Phi) is 4.93. The first-order valence-electron chi connectivity index (χ1n) is 7.75. The molecule has 3 rings (SSSR count). The number of ether oxygens (including phenoxy) is 1. The monoisotopic (exact) mass is 331 g/mol. The molecule has 0 saturated carbocycles. The van der Waals surface area contributed by atoms with Crippen LogP contribution >= 0.6 is 11.3 Å². The van der Waals surface area contributed by atoms with Crippen molar-refractivity contribution in [3.05, 3.63) is 45.8 Å². The summed E-state index contributed by atoms with van der Waals surface area (Å²) in [6, 6.07) is 5.96. The van der Waals surface area contributed by atoms with Crippen LogP contribution in [-0.4, -0.2) is 42.0 Å². The molecule has 3 heterocycles. The zero-order chi connectivity index (χ0) is 16.2. The minimum absolute atomic E-state index is 0.143. The fourth-order valence-electron chi connectivity index (χ4n) is 2.84. The number of pyridine rings is 1. The first kappa shape index (κ1) is 16.0. The summed E-state index contributed by atoms with van der Waals surface area (Å²) >= 11 is 1.84. The van der Waals surface area contributed by atoms with Crippen LogP contribution in [0.5, 0.6) is 5.88 Å². The molecular formula is C17H21N3O2S. The van der Waals surface area contributed by atoms with Gasteiger partial charge in [-0.15, -0.1) is 11.3 Å². The van der Waals surface area contributed by atoms with Gasteiger partial charge in [0.25, 0.3) is 5.91 Å². The molecule has 0 bridgehead atoms. The number of aromatic nitrogens is 1. The van der Waals surface area contributed by atoms with E-state index in [0.29, 0.717) is 18.0 Å². The van der Waals surface area contributed by atoms with Crippen LogP contribution in [0.25, 0.3) is 0 Å². The number of amides is 1. The Morgan fingerprint density at radius 2 is 2.39 bits per heavy atom. The predicted molar refractivity (Wildman–Crippen MR) is 91.0 cm³/mol. The number of nitrogens with zero attached hydrogens (tertiary/aromatic N) is 2. The zero-order valence-electron chi connectivity index (χ0n) is 13.4. The lowest BCUT2D eigenvalue weighted by atomic mass is 10.1. The number of nitrogens with one attached hydrogen (secondary N) is 1. The number of rotatable bonds is 5. The van der Waals surface area contributed by atoms with Crippen LogP contribution in [0.15, 0.2) is 29.8 Å². The van der Waals surface area contributed by atoms with E-state index in [1.165, 1.54) is 17.6 Å². The second-order valence-corrected chi connectivity index (χ2v) is 6.71. The van der Waals surface area contributed by atoms with Crippen LogP contribution in [0.2, 0.25) is 0 Å². The molecule has 122 valence electrons. The lowest BCUT2D eigenvalue weighted by Gasteiger charge is -2.32. The van der Waals surface area contributed by atoms with Gasteiger partial charge in [-0.1, -0.05) is 0 Å². The molecule has 0 aromatic carbocycles. The van der Waals surface area contributed by atoms with Crippen molar-refractivity contribution in [1.82, 2.24) is 15.2 Å². The maximum absolute atomic E-state index is 12.3. The maximum atomic E-state index is 12.3. The zero-order valence-corrected chi connectivity index (χ0v) is 14.2. The highest BCUT2D eigenvalue weighted by Crippen LogP contribution is 2.25. The van der Waals surface area contributed by atoms with Crippen LogP contribution < -0.4 is 10.1 Å². The number of hydrogen-bond donors (Lipinski definition) is 1. The summed E-state index contributed by atoms with van der Waals surface area (Å²) in [7, 11) is 1.52. The first-order chi connectivity index (χ1) is 11.2. The van der Waals surface area contributed by atoms with Crippen molar-refractivity contribution in [3.8, 4) is 5.88 Å². The molecule has 1 atom stereocenters. The number of methoxy groups -OCH3 is 1. The highest BCUT2D eigenvalue weighted by Gasteiger charge is 2.22. The molecule has 5 nitrogen and oxygen atoms in total. The Bertz CT molecular complexity index is 686. The van der Waals surface area contributed by atoms with Gasteiger partial charge < -0.3 is 10.1 Å². The minimum Gasteiger partial charge on any atom is -0.480 e. The summed E-state index contributed by atoms with van der Waals surface area (Å²) in [6.45, 7) is 4.77. The smallest absolute Gasteiger partial charge is 0.256 e. The van der Waals surface area contributed by atoms with E-state index >= 15 is 0 Å². The molecule has 0 aliphatic carbocycles. The van der Waals surface area contributed by atoms with Gasteiger partial charge in [-0.3, -0.25) is 9.69 Å². The highest BCUT2D eigenvalue weighted by molar-refractivity contribution is 7.10. The van der Waals surface area contributed by atoms with E-state index in [1.807, 2.05) is 11.3 Å². The number of hydrogen-bond acceptors (Lipinski definition) is 5. The molecule has 6 heteroatoms. The van der Waals surface area contributed by atoms with Gasteiger partial charge in [0.15, 0.2) is 0 Å². The Hall–Kier alpha value is -1.92. The molecule has 1 amide bonds. The molecule has 2 aromatic rings. The van der Waals surface area contributed by atoms with Gasteiger partial charge >= 0.3 is 0 Å². The molecule has 0 unspecified atom stereocenters. The molecule has 1 aliphatic rings. The van der Waals surface area contributed by atoms with Crippen LogP contribution in [-0.2, 0) is 13.0 Å². The number of carbonyl (C=O) groups excluding carboxylic acids is 1. The largest absolute Gasteiger partial charge is 0.480 e. The van der Waals surface area contributed by atoms with E-state index < -0.39 is 0 Å². The highest BCUT2D eigenvalue weighted by atomic mass is 32.1. The molecule has 0 saturated heterocycles. The van der Waals surface area contributed by atoms with Crippen molar-refractivity contribution in [1.29, 1.82) is 0 Å². The van der Waals surface area contributed by atoms with E-state index in [-0.39, 0.29) is 11.9 Å². The molecule has 0 spiro atoms. The van der Waals surface area contributed by atoms with Crippen LogP contribution in [0, 0.1) is 0 Å². The lowest BCUT2D eigenvalue weighted by Crippen LogP contribution is -2.44. The maximum Gasteiger partial charge on any atom is 0.256 e. The van der Waals surface area contributed by atoms with E-state index in [0.717, 1.165) is 19.5 Å². The van der Waals surface area contributed by atoms with Gasteiger partial charge in [-0.05, 0) is 42.5 Å². The third-order valence-electron chi connectivity index (χ3n) is 4.23. The van der Waals surface area contributed by atoms with Crippen molar-refractivity contribution in [3.63, 3.8) is 0 Å². The van der Waals surface area contributed by atoms with Crippen LogP contribution in [0.4, 0.5) is 0 Å². The van der Waals surface area contributed by atoms with E-state index in [1.54, 1.807) is 18.3 Å². The quantitative estimate of drug-likeness (QED) is 0.914. The minimum atomic E-state index is -0.143. The Balaban J connectivity index is 1.57. The van der Waals surface area contributed by atoms with Gasteiger partial charge in [0.1, 0.15) is 5.56 Å². The summed E-state index contributed by atoms with van der Waals surface area (Å²) in [5.74, 6) is 0.216. The second-order valence-electron chi connectivity index (χ2n) is 5.71. The lowest BCUT2D eigenvalue weighted by molar-refractivity contribution is 0.0929. The average Bonchev–Trinajstić information content (AvgIpc) is 3.06. The fourth-order valence-corrected chi connectivity index (χ4v) is 3.73. The summed E-state index contributed by atoms with van der Waals surface area (Å²) in [6.07, 6.45) is 2.71. The van der Waals surface area contributed by atoms with Crippen molar-refractivity contribution in [2.24, 2.45) is 0 Å². The number of fused-ring (bicyclic) bond motifs is 1. The SMILES string of the molecule is COc1ncccc1C(=O)NC[C@H](C)N1CCc2sccc2C1. The number of carbonyl (C=O) groups is 1. The van der Waals surface area contributed by atoms with Crippen molar-refractivity contribution in [2.75, 3.05) is 20.2 Å². The molecule has 2 aromatic heterocycles. The number of thiophene rings is 1. The average molecular weight is 331 g/mol. The second kappa shape index (κ2) is 7.10. The van der Waals surface area contributed by atoms with Crippen molar-refractivity contribution in [2.45, 2.75) is 25.9 Å². The van der Waals surface area contributed by atoms with Crippen molar-refractivity contribution < 1.29 is 9.53 Å². The molecule has 0 fully saturated rings. The molecular weight excluding hydrogens is 310 g/mol. The van der Waals surface area contributed by atoms with Crippen LogP contribution in [0.1, 0.15) is 27.7 Å². The Morgan fingerprint density at radius 3 is 3.22 bits per heavy atom. The molecule has 1 N–H and O–H groups in total. The molecule has 1 aliphatic heterocycles. The topological polar surface area (TPSA) is 54.5 Å². The van der Waals surface area contributed by atoms with Gasteiger partial charge in [0.2, 0.25) is 5.88 Å². The molecule has 23 heavy (non-hydrogen) atoms. The van der Waals surface area contributed by atoms with E-state index in [9.17, 15) is 4.79 Å².